The number of hydrogen-bond acceptors (Lipinski definition) is 2. The molecule has 0 amide bonds. The molecular weight excluding hydrogens is 269 g/mol. The third-order valence-corrected chi connectivity index (χ3v) is 3.18. The van der Waals surface area contributed by atoms with Gasteiger partial charge in [0.1, 0.15) is 5.82 Å². The van der Waals surface area contributed by atoms with Crippen LogP contribution in [0.2, 0.25) is 0 Å². The fourth-order valence-corrected chi connectivity index (χ4v) is 2.00. The van der Waals surface area contributed by atoms with Crippen molar-refractivity contribution in [2.75, 3.05) is 33.4 Å². The Bertz CT molecular complexity index is 449. The Balaban J connectivity index is 2.26. The van der Waals surface area contributed by atoms with Crippen LogP contribution in [0.25, 0.3) is 0 Å². The Labute approximate surface area is 126 Å². The van der Waals surface area contributed by atoms with Crippen molar-refractivity contribution in [1.29, 1.82) is 0 Å². The molecule has 0 aliphatic carbocycles. The summed E-state index contributed by atoms with van der Waals surface area (Å²) in [6, 6.07) is 4.91. The van der Waals surface area contributed by atoms with E-state index in [0.717, 1.165) is 56.2 Å². The molecule has 5 heteroatoms. The van der Waals surface area contributed by atoms with Gasteiger partial charge in [-0.2, -0.15) is 0 Å². The summed E-state index contributed by atoms with van der Waals surface area (Å²) in [5.74, 6) is 0.599. The summed E-state index contributed by atoms with van der Waals surface area (Å²) in [5, 5.41) is 6.49. The summed E-state index contributed by atoms with van der Waals surface area (Å²) >= 11 is 0. The van der Waals surface area contributed by atoms with Gasteiger partial charge in [0, 0.05) is 33.4 Å². The molecule has 0 fully saturated rings. The highest BCUT2D eigenvalue weighted by Gasteiger charge is 2.01. The van der Waals surface area contributed by atoms with Gasteiger partial charge in [-0.1, -0.05) is 6.07 Å². The Morgan fingerprint density at radius 3 is 2.71 bits per heavy atom. The zero-order valence-corrected chi connectivity index (χ0v) is 13.2. The van der Waals surface area contributed by atoms with E-state index in [2.05, 4.69) is 15.6 Å². The fourth-order valence-electron chi connectivity index (χ4n) is 2.00. The second-order valence-electron chi connectivity index (χ2n) is 4.80. The number of benzene rings is 1. The molecule has 2 N–H and O–H groups in total. The standard InChI is InChI=1S/C16H26FN3O/c1-4-21-11-5-9-19-16(18-3)20-10-8-14-6-7-15(17)12-13(14)2/h6-7,12H,4-5,8-11H2,1-3H3,(H2,18,19,20). The number of rotatable bonds is 8. The van der Waals surface area contributed by atoms with Gasteiger partial charge in [-0.3, -0.25) is 4.99 Å². The van der Waals surface area contributed by atoms with E-state index >= 15 is 0 Å². The second kappa shape index (κ2) is 10.2. The number of ether oxygens (including phenoxy) is 1. The van der Waals surface area contributed by atoms with Gasteiger partial charge in [-0.25, -0.2) is 4.39 Å². The van der Waals surface area contributed by atoms with Crippen LogP contribution in [0, 0.1) is 12.7 Å². The summed E-state index contributed by atoms with van der Waals surface area (Å²) in [5.41, 5.74) is 2.13. The topological polar surface area (TPSA) is 45.6 Å². The highest BCUT2D eigenvalue weighted by molar-refractivity contribution is 5.79. The lowest BCUT2D eigenvalue weighted by Crippen LogP contribution is -2.39. The van der Waals surface area contributed by atoms with Crippen molar-refractivity contribution in [3.8, 4) is 0 Å². The van der Waals surface area contributed by atoms with Crippen molar-refractivity contribution in [1.82, 2.24) is 10.6 Å². The molecule has 0 aliphatic rings. The largest absolute Gasteiger partial charge is 0.382 e. The number of guanidine groups is 1. The van der Waals surface area contributed by atoms with Crippen LogP contribution in [0.5, 0.6) is 0 Å². The number of halogens is 1. The molecule has 0 saturated heterocycles. The van der Waals surface area contributed by atoms with Gasteiger partial charge in [0.2, 0.25) is 0 Å². The van der Waals surface area contributed by atoms with Crippen LogP contribution in [0.1, 0.15) is 24.5 Å². The summed E-state index contributed by atoms with van der Waals surface area (Å²) in [6.45, 7) is 7.02. The summed E-state index contributed by atoms with van der Waals surface area (Å²) in [6.07, 6.45) is 1.79. The Morgan fingerprint density at radius 1 is 1.29 bits per heavy atom. The van der Waals surface area contributed by atoms with Gasteiger partial charge < -0.3 is 15.4 Å². The minimum absolute atomic E-state index is 0.184. The zero-order valence-electron chi connectivity index (χ0n) is 13.2. The molecule has 0 aliphatic heterocycles. The van der Waals surface area contributed by atoms with Crippen molar-refractivity contribution in [2.24, 2.45) is 4.99 Å². The second-order valence-corrected chi connectivity index (χ2v) is 4.80. The number of hydrogen-bond donors (Lipinski definition) is 2. The van der Waals surface area contributed by atoms with E-state index in [4.69, 9.17) is 4.74 Å². The quantitative estimate of drug-likeness (QED) is 0.439. The number of aliphatic imine (C=N–C) groups is 1. The molecule has 118 valence electrons. The van der Waals surface area contributed by atoms with Crippen LogP contribution in [0.3, 0.4) is 0 Å². The first-order chi connectivity index (χ1) is 10.2. The van der Waals surface area contributed by atoms with E-state index in [1.807, 2.05) is 19.9 Å². The Kier molecular flexibility index (Phi) is 8.43. The van der Waals surface area contributed by atoms with Gasteiger partial charge in [0.25, 0.3) is 0 Å². The molecule has 0 aromatic heterocycles. The molecule has 0 heterocycles. The Morgan fingerprint density at radius 2 is 2.05 bits per heavy atom. The monoisotopic (exact) mass is 295 g/mol. The maximum Gasteiger partial charge on any atom is 0.190 e. The van der Waals surface area contributed by atoms with E-state index in [9.17, 15) is 4.39 Å². The Hall–Kier alpha value is -1.62. The molecular formula is C16H26FN3O. The summed E-state index contributed by atoms with van der Waals surface area (Å²) < 4.78 is 18.3. The highest BCUT2D eigenvalue weighted by Crippen LogP contribution is 2.10. The van der Waals surface area contributed by atoms with Crippen molar-refractivity contribution >= 4 is 5.96 Å². The van der Waals surface area contributed by atoms with Gasteiger partial charge in [0.15, 0.2) is 5.96 Å². The van der Waals surface area contributed by atoms with Crippen molar-refractivity contribution in [3.05, 3.63) is 35.1 Å². The van der Waals surface area contributed by atoms with Crippen LogP contribution in [-0.2, 0) is 11.2 Å². The molecule has 1 rings (SSSR count). The molecule has 0 saturated carbocycles. The summed E-state index contributed by atoms with van der Waals surface area (Å²) in [4.78, 5) is 4.17. The van der Waals surface area contributed by atoms with Crippen LogP contribution in [-0.4, -0.2) is 39.3 Å². The average Bonchev–Trinajstić information content (AvgIpc) is 2.47. The van der Waals surface area contributed by atoms with Crippen LogP contribution in [0.4, 0.5) is 4.39 Å². The van der Waals surface area contributed by atoms with Crippen LogP contribution in [0.15, 0.2) is 23.2 Å². The lowest BCUT2D eigenvalue weighted by molar-refractivity contribution is 0.145. The van der Waals surface area contributed by atoms with E-state index in [1.54, 1.807) is 13.1 Å². The molecule has 0 spiro atoms. The number of aryl methyl sites for hydroxylation is 1. The maximum atomic E-state index is 13.0. The van der Waals surface area contributed by atoms with Crippen molar-refractivity contribution in [2.45, 2.75) is 26.7 Å². The SMILES string of the molecule is CCOCCCNC(=NC)NCCc1ccc(F)cc1C. The van der Waals surface area contributed by atoms with Crippen molar-refractivity contribution in [3.63, 3.8) is 0 Å². The maximum absolute atomic E-state index is 13.0. The first-order valence-corrected chi connectivity index (χ1v) is 7.44. The van der Waals surface area contributed by atoms with E-state index in [1.165, 1.54) is 6.07 Å². The molecule has 4 nitrogen and oxygen atoms in total. The molecule has 0 radical (unpaired) electrons. The van der Waals surface area contributed by atoms with Crippen LogP contribution < -0.4 is 10.6 Å². The first kappa shape index (κ1) is 17.4. The minimum Gasteiger partial charge on any atom is -0.382 e. The third-order valence-electron chi connectivity index (χ3n) is 3.18. The molecule has 0 unspecified atom stereocenters. The van der Waals surface area contributed by atoms with Gasteiger partial charge >= 0.3 is 0 Å². The van der Waals surface area contributed by atoms with E-state index in [-0.39, 0.29) is 5.82 Å². The molecule has 0 atom stereocenters. The van der Waals surface area contributed by atoms with E-state index < -0.39 is 0 Å². The molecule has 1 aromatic carbocycles. The zero-order chi connectivity index (χ0) is 15.5. The molecule has 21 heavy (non-hydrogen) atoms. The smallest absolute Gasteiger partial charge is 0.190 e. The average molecular weight is 295 g/mol. The normalized spacial score (nSPS) is 11.5. The lowest BCUT2D eigenvalue weighted by Gasteiger charge is -2.12. The van der Waals surface area contributed by atoms with Crippen LogP contribution >= 0.6 is 0 Å². The van der Waals surface area contributed by atoms with Gasteiger partial charge in [0.05, 0.1) is 0 Å². The minimum atomic E-state index is -0.184. The predicted molar refractivity (Wildman–Crippen MR) is 85.3 cm³/mol. The third kappa shape index (κ3) is 7.09. The molecule has 1 aromatic rings. The first-order valence-electron chi connectivity index (χ1n) is 7.44. The van der Waals surface area contributed by atoms with Gasteiger partial charge in [-0.05, 0) is 49.9 Å². The predicted octanol–water partition coefficient (Wildman–Crippen LogP) is 2.27. The number of nitrogens with zero attached hydrogens (tertiary/aromatic N) is 1. The lowest BCUT2D eigenvalue weighted by atomic mass is 10.1. The highest BCUT2D eigenvalue weighted by atomic mass is 19.1. The van der Waals surface area contributed by atoms with Crippen molar-refractivity contribution < 1.29 is 9.13 Å². The van der Waals surface area contributed by atoms with E-state index in [0.29, 0.717) is 0 Å². The van der Waals surface area contributed by atoms with Gasteiger partial charge in [-0.15, -0.1) is 0 Å². The number of nitrogens with one attached hydrogen (secondary N) is 2. The molecule has 0 bridgehead atoms. The fraction of sp³-hybridized carbons (Fsp3) is 0.562. The summed E-state index contributed by atoms with van der Waals surface area (Å²) in [7, 11) is 1.75.